The first-order chi connectivity index (χ1) is 15.5. The maximum Gasteiger partial charge on any atom is 0.281 e. The molecular formula is C24H18Cl2N4O2. The van der Waals surface area contributed by atoms with Crippen molar-refractivity contribution in [3.8, 4) is 5.75 Å². The predicted octanol–water partition coefficient (Wildman–Crippen LogP) is 5.59. The molecular weight excluding hydrogens is 447 g/mol. The molecule has 0 N–H and O–H groups in total. The highest BCUT2D eigenvalue weighted by Crippen LogP contribution is 2.41. The monoisotopic (exact) mass is 464 g/mol. The Hall–Kier alpha value is -3.35. The van der Waals surface area contributed by atoms with Crippen LogP contribution in [0.5, 0.6) is 5.75 Å². The van der Waals surface area contributed by atoms with Crippen LogP contribution in [-0.2, 0) is 0 Å². The van der Waals surface area contributed by atoms with Crippen LogP contribution in [0.25, 0.3) is 0 Å². The zero-order chi connectivity index (χ0) is 22.4. The quantitative estimate of drug-likeness (QED) is 0.506. The summed E-state index contributed by atoms with van der Waals surface area (Å²) in [5, 5.41) is 5.34. The average Bonchev–Trinajstić information content (AvgIpc) is 3.16. The molecule has 0 fully saturated rings. The van der Waals surface area contributed by atoms with Gasteiger partial charge >= 0.3 is 0 Å². The normalized spacial score (nSPS) is 16.4. The van der Waals surface area contributed by atoms with Crippen LogP contribution in [0.1, 0.15) is 33.2 Å². The number of aryl methyl sites for hydroxylation is 1. The maximum atomic E-state index is 13.5. The Balaban J connectivity index is 1.69. The Bertz CT molecular complexity index is 1320. The number of carbonyl (C=O) groups excluding carboxylic acids is 1. The number of aliphatic imine (C=N–C) groups is 1. The Morgan fingerprint density at radius 3 is 2.59 bits per heavy atom. The zero-order valence-corrected chi connectivity index (χ0v) is 18.8. The van der Waals surface area contributed by atoms with Crippen LogP contribution in [0.15, 0.2) is 71.9 Å². The van der Waals surface area contributed by atoms with Gasteiger partial charge < -0.3 is 4.74 Å². The SMILES string of the molecule is COc1ccc(C2N=C3C=CC=CN3c3c2c(C)nn3C(=O)c2ccc(Cl)cc2Cl)cc1. The number of carbonyl (C=O) groups is 1. The minimum Gasteiger partial charge on any atom is -0.497 e. The summed E-state index contributed by atoms with van der Waals surface area (Å²) in [5.41, 5.74) is 2.87. The third-order valence-corrected chi connectivity index (χ3v) is 6.02. The minimum absolute atomic E-state index is 0.273. The lowest BCUT2D eigenvalue weighted by Crippen LogP contribution is -2.34. The summed E-state index contributed by atoms with van der Waals surface area (Å²) in [7, 11) is 1.63. The third-order valence-electron chi connectivity index (χ3n) is 5.47. The molecule has 1 aromatic heterocycles. The number of hydrogen-bond acceptors (Lipinski definition) is 5. The smallest absolute Gasteiger partial charge is 0.281 e. The number of fused-ring (bicyclic) bond motifs is 3. The maximum absolute atomic E-state index is 13.5. The standard InChI is InChI=1S/C24H18Cl2N4O2/c1-14-21-22(15-6-9-17(32-2)10-7-15)27-20-5-3-4-12-29(20)23(21)30(28-14)24(31)18-11-8-16(25)13-19(18)26/h3-13,22H,1-2H3. The van der Waals surface area contributed by atoms with Gasteiger partial charge in [0.05, 0.1) is 23.4 Å². The lowest BCUT2D eigenvalue weighted by atomic mass is 9.96. The number of rotatable bonds is 3. The highest BCUT2D eigenvalue weighted by Gasteiger charge is 2.35. The molecule has 0 bridgehead atoms. The van der Waals surface area contributed by atoms with Gasteiger partial charge in [0.15, 0.2) is 5.82 Å². The van der Waals surface area contributed by atoms with Crippen molar-refractivity contribution >= 4 is 40.8 Å². The van der Waals surface area contributed by atoms with Crippen LogP contribution in [0.4, 0.5) is 5.82 Å². The highest BCUT2D eigenvalue weighted by atomic mass is 35.5. The number of amidine groups is 1. The molecule has 3 heterocycles. The van der Waals surface area contributed by atoms with Crippen LogP contribution in [0.3, 0.4) is 0 Å². The summed E-state index contributed by atoms with van der Waals surface area (Å²) < 4.78 is 6.69. The van der Waals surface area contributed by atoms with Crippen molar-refractivity contribution in [2.45, 2.75) is 13.0 Å². The van der Waals surface area contributed by atoms with Crippen LogP contribution < -0.4 is 9.64 Å². The second-order valence-corrected chi connectivity index (χ2v) is 8.24. The molecule has 5 rings (SSSR count). The fourth-order valence-electron chi connectivity index (χ4n) is 3.94. The molecule has 2 aliphatic rings. The molecule has 0 saturated carbocycles. The number of allylic oxidation sites excluding steroid dienone is 2. The van der Waals surface area contributed by atoms with Gasteiger partial charge in [-0.05, 0) is 55.0 Å². The first-order valence-electron chi connectivity index (χ1n) is 9.93. The molecule has 0 amide bonds. The van der Waals surface area contributed by atoms with Gasteiger partial charge in [-0.25, -0.2) is 0 Å². The second-order valence-electron chi connectivity index (χ2n) is 7.40. The molecule has 0 radical (unpaired) electrons. The number of hydrogen-bond donors (Lipinski definition) is 0. The topological polar surface area (TPSA) is 59.7 Å². The van der Waals surface area contributed by atoms with Crippen molar-refractivity contribution in [2.75, 3.05) is 12.0 Å². The first-order valence-corrected chi connectivity index (χ1v) is 10.7. The predicted molar refractivity (Wildman–Crippen MR) is 126 cm³/mol. The summed E-state index contributed by atoms with van der Waals surface area (Å²) in [6.45, 7) is 1.88. The largest absolute Gasteiger partial charge is 0.497 e. The van der Waals surface area contributed by atoms with E-state index in [9.17, 15) is 4.79 Å². The van der Waals surface area contributed by atoms with E-state index in [1.54, 1.807) is 25.3 Å². The fraction of sp³-hybridized carbons (Fsp3) is 0.125. The molecule has 0 aliphatic carbocycles. The summed E-state index contributed by atoms with van der Waals surface area (Å²) in [5.74, 6) is 1.79. The van der Waals surface area contributed by atoms with Gasteiger partial charge in [-0.15, -0.1) is 0 Å². The minimum atomic E-state index is -0.339. The van der Waals surface area contributed by atoms with Gasteiger partial charge in [0.1, 0.15) is 17.6 Å². The lowest BCUT2D eigenvalue weighted by Gasteiger charge is -2.31. The Labute approximate surface area is 195 Å². The van der Waals surface area contributed by atoms with Crippen molar-refractivity contribution in [3.05, 3.63) is 99.3 Å². The van der Waals surface area contributed by atoms with Gasteiger partial charge in [-0.3, -0.25) is 14.7 Å². The summed E-state index contributed by atoms with van der Waals surface area (Å²) in [6, 6.07) is 12.2. The molecule has 0 saturated heterocycles. The molecule has 2 aliphatic heterocycles. The Morgan fingerprint density at radius 2 is 1.88 bits per heavy atom. The summed E-state index contributed by atoms with van der Waals surface area (Å²) >= 11 is 12.4. The van der Waals surface area contributed by atoms with Crippen molar-refractivity contribution in [1.82, 2.24) is 9.78 Å². The molecule has 0 spiro atoms. The highest BCUT2D eigenvalue weighted by molar-refractivity contribution is 6.36. The zero-order valence-electron chi connectivity index (χ0n) is 17.3. The van der Waals surface area contributed by atoms with E-state index in [4.69, 9.17) is 32.9 Å². The van der Waals surface area contributed by atoms with Gasteiger partial charge in [0.25, 0.3) is 5.91 Å². The average molecular weight is 465 g/mol. The van der Waals surface area contributed by atoms with Crippen molar-refractivity contribution in [3.63, 3.8) is 0 Å². The van der Waals surface area contributed by atoms with E-state index < -0.39 is 0 Å². The van der Waals surface area contributed by atoms with Gasteiger partial charge in [0, 0.05) is 16.8 Å². The van der Waals surface area contributed by atoms with E-state index in [1.165, 1.54) is 4.68 Å². The number of halogens is 2. The van der Waals surface area contributed by atoms with Crippen molar-refractivity contribution < 1.29 is 9.53 Å². The van der Waals surface area contributed by atoms with E-state index in [1.807, 2.05) is 60.5 Å². The van der Waals surface area contributed by atoms with E-state index in [-0.39, 0.29) is 17.0 Å². The van der Waals surface area contributed by atoms with E-state index in [2.05, 4.69) is 5.10 Å². The first kappa shape index (κ1) is 20.5. The molecule has 160 valence electrons. The Kier molecular flexibility index (Phi) is 5.12. The summed E-state index contributed by atoms with van der Waals surface area (Å²) in [6.07, 6.45) is 7.59. The van der Waals surface area contributed by atoms with Crippen LogP contribution >= 0.6 is 23.2 Å². The fourth-order valence-corrected chi connectivity index (χ4v) is 4.43. The number of anilines is 1. The number of ether oxygens (including phenoxy) is 1. The van der Waals surface area contributed by atoms with Crippen molar-refractivity contribution in [1.29, 1.82) is 0 Å². The van der Waals surface area contributed by atoms with Crippen LogP contribution in [-0.4, -0.2) is 28.6 Å². The number of benzene rings is 2. The van der Waals surface area contributed by atoms with E-state index >= 15 is 0 Å². The second kappa shape index (κ2) is 7.97. The van der Waals surface area contributed by atoms with E-state index in [0.717, 1.165) is 22.7 Å². The van der Waals surface area contributed by atoms with Gasteiger partial charge in [-0.1, -0.05) is 41.4 Å². The lowest BCUT2D eigenvalue weighted by molar-refractivity contribution is 0.0947. The molecule has 3 aromatic rings. The molecule has 8 heteroatoms. The third kappa shape index (κ3) is 3.32. The molecule has 1 atom stereocenters. The number of methoxy groups -OCH3 is 1. The van der Waals surface area contributed by atoms with Crippen molar-refractivity contribution in [2.24, 2.45) is 4.99 Å². The van der Waals surface area contributed by atoms with Gasteiger partial charge in [-0.2, -0.15) is 9.78 Å². The van der Waals surface area contributed by atoms with E-state index in [0.29, 0.717) is 22.1 Å². The van der Waals surface area contributed by atoms with Crippen LogP contribution in [0.2, 0.25) is 10.0 Å². The molecule has 32 heavy (non-hydrogen) atoms. The summed E-state index contributed by atoms with van der Waals surface area (Å²) in [4.78, 5) is 20.3. The molecule has 1 unspecified atom stereocenters. The number of aromatic nitrogens is 2. The van der Waals surface area contributed by atoms with Gasteiger partial charge in [0.2, 0.25) is 0 Å². The molecule has 2 aromatic carbocycles. The Morgan fingerprint density at radius 1 is 1.09 bits per heavy atom. The molecule has 6 nitrogen and oxygen atoms in total. The number of nitrogens with zero attached hydrogens (tertiary/aromatic N) is 4. The van der Waals surface area contributed by atoms with Crippen LogP contribution in [0, 0.1) is 6.92 Å².